The fraction of sp³-hybridized carbons (Fsp3) is 0.258. The highest BCUT2D eigenvalue weighted by atomic mass is 16.3. The molecule has 2 amide bonds. The lowest BCUT2D eigenvalue weighted by atomic mass is 9.59. The molecule has 1 saturated heterocycles. The van der Waals surface area contributed by atoms with Gasteiger partial charge in [0.25, 0.3) is 0 Å². The highest BCUT2D eigenvalue weighted by Crippen LogP contribution is 2.55. The second kappa shape index (κ2) is 8.58. The average Bonchev–Trinajstić information content (AvgIpc) is 3.15. The zero-order valence-corrected chi connectivity index (χ0v) is 20.9. The Morgan fingerprint density at radius 3 is 2.39 bits per heavy atom. The van der Waals surface area contributed by atoms with Crippen LogP contribution in [0.5, 0.6) is 5.75 Å². The summed E-state index contributed by atoms with van der Waals surface area (Å²) in [5.74, 6) is -3.49. The van der Waals surface area contributed by atoms with Crippen LogP contribution in [0.1, 0.15) is 48.5 Å². The van der Waals surface area contributed by atoms with E-state index in [0.717, 1.165) is 5.57 Å². The van der Waals surface area contributed by atoms with E-state index in [4.69, 9.17) is 0 Å². The van der Waals surface area contributed by atoms with Gasteiger partial charge in [-0.1, -0.05) is 23.8 Å². The van der Waals surface area contributed by atoms with Gasteiger partial charge in [-0.2, -0.15) is 0 Å². The largest absolute Gasteiger partial charge is 0.508 e. The number of carbonyl (C=O) groups excluding carboxylic acids is 5. The first-order valence-corrected chi connectivity index (χ1v) is 12.7. The minimum atomic E-state index is -0.682. The van der Waals surface area contributed by atoms with Crippen molar-refractivity contribution in [3.05, 3.63) is 94.1 Å². The Morgan fingerprint density at radius 2 is 1.71 bits per heavy atom. The smallest absolute Gasteiger partial charge is 0.238 e. The molecule has 0 spiro atoms. The van der Waals surface area contributed by atoms with Crippen LogP contribution in [0.3, 0.4) is 0 Å². The molecule has 0 bridgehead atoms. The number of phenolic OH excluding ortho intramolecular Hbond substituents is 1. The molecule has 3 aliphatic carbocycles. The molecule has 2 aromatic carbocycles. The Morgan fingerprint density at radius 1 is 0.974 bits per heavy atom. The van der Waals surface area contributed by atoms with Crippen LogP contribution in [0.15, 0.2) is 83.0 Å². The van der Waals surface area contributed by atoms with E-state index in [2.05, 4.69) is 0 Å². The number of nitrogens with zero attached hydrogens (tertiary/aromatic N) is 1. The van der Waals surface area contributed by atoms with Crippen molar-refractivity contribution in [2.24, 2.45) is 17.8 Å². The van der Waals surface area contributed by atoms with Gasteiger partial charge < -0.3 is 5.11 Å². The van der Waals surface area contributed by atoms with Crippen LogP contribution >= 0.6 is 0 Å². The third kappa shape index (κ3) is 3.45. The lowest BCUT2D eigenvalue weighted by molar-refractivity contribution is -0.123. The lowest BCUT2D eigenvalue weighted by Crippen LogP contribution is -2.39. The van der Waals surface area contributed by atoms with Gasteiger partial charge in [0.1, 0.15) is 5.75 Å². The van der Waals surface area contributed by atoms with Crippen molar-refractivity contribution >= 4 is 34.9 Å². The third-order valence-corrected chi connectivity index (χ3v) is 8.30. The van der Waals surface area contributed by atoms with E-state index in [9.17, 15) is 29.1 Å². The summed E-state index contributed by atoms with van der Waals surface area (Å²) in [5.41, 5.74) is 3.52. The van der Waals surface area contributed by atoms with Gasteiger partial charge in [-0.15, -0.1) is 0 Å². The number of Topliss-reactive ketones (excluding diaryl/α,β-unsaturated/α-hetero) is 2. The van der Waals surface area contributed by atoms with Crippen LogP contribution < -0.4 is 4.90 Å². The van der Waals surface area contributed by atoms with Crippen LogP contribution in [0.2, 0.25) is 0 Å². The number of phenols is 1. The van der Waals surface area contributed by atoms with Crippen molar-refractivity contribution in [1.82, 2.24) is 0 Å². The number of hydrogen-bond acceptors (Lipinski definition) is 6. The Labute approximate surface area is 219 Å². The molecule has 7 nitrogen and oxygen atoms in total. The molecular formula is C31H25NO6. The van der Waals surface area contributed by atoms with Gasteiger partial charge in [0, 0.05) is 28.2 Å². The summed E-state index contributed by atoms with van der Waals surface area (Å²) in [6, 6.07) is 13.0. The minimum Gasteiger partial charge on any atom is -0.508 e. The molecule has 190 valence electrons. The van der Waals surface area contributed by atoms with Crippen LogP contribution in [0, 0.1) is 17.8 Å². The third-order valence-electron chi connectivity index (χ3n) is 8.30. The number of aromatic hydroxyl groups is 1. The van der Waals surface area contributed by atoms with E-state index < -0.39 is 23.7 Å². The van der Waals surface area contributed by atoms with Crippen molar-refractivity contribution in [3.8, 4) is 5.75 Å². The fourth-order valence-corrected chi connectivity index (χ4v) is 6.54. The van der Waals surface area contributed by atoms with Crippen molar-refractivity contribution in [3.63, 3.8) is 0 Å². The van der Waals surface area contributed by atoms with E-state index in [1.54, 1.807) is 49.4 Å². The zero-order chi connectivity index (χ0) is 26.9. The summed E-state index contributed by atoms with van der Waals surface area (Å²) in [6.07, 6.45) is 3.82. The Hall–Kier alpha value is -4.39. The first kappa shape index (κ1) is 24.0. The van der Waals surface area contributed by atoms with E-state index in [1.165, 1.54) is 24.0 Å². The fourth-order valence-electron chi connectivity index (χ4n) is 6.54. The summed E-state index contributed by atoms with van der Waals surface area (Å²) in [6.45, 7) is 3.07. The van der Waals surface area contributed by atoms with Crippen molar-refractivity contribution < 1.29 is 29.1 Å². The number of hydrogen-bond donors (Lipinski definition) is 1. The van der Waals surface area contributed by atoms with Crippen LogP contribution in [-0.2, 0) is 19.2 Å². The summed E-state index contributed by atoms with van der Waals surface area (Å²) < 4.78 is 0. The Kier molecular flexibility index (Phi) is 5.42. The van der Waals surface area contributed by atoms with E-state index in [0.29, 0.717) is 40.0 Å². The van der Waals surface area contributed by atoms with Crippen molar-refractivity contribution in [1.29, 1.82) is 0 Å². The quantitative estimate of drug-likeness (QED) is 0.288. The first-order chi connectivity index (χ1) is 18.2. The molecular weight excluding hydrogens is 482 g/mol. The maximum Gasteiger partial charge on any atom is 0.238 e. The maximum atomic E-state index is 13.9. The van der Waals surface area contributed by atoms with Crippen molar-refractivity contribution in [2.45, 2.75) is 32.6 Å². The van der Waals surface area contributed by atoms with E-state index in [-0.39, 0.29) is 41.3 Å². The molecule has 2 aromatic rings. The van der Waals surface area contributed by atoms with Crippen LogP contribution in [0.4, 0.5) is 5.69 Å². The lowest BCUT2D eigenvalue weighted by Gasteiger charge is -2.42. The normalized spacial score (nSPS) is 26.5. The van der Waals surface area contributed by atoms with Gasteiger partial charge in [0.05, 0.1) is 17.5 Å². The molecule has 38 heavy (non-hydrogen) atoms. The number of rotatable bonds is 3. The maximum absolute atomic E-state index is 13.9. The molecule has 6 rings (SSSR count). The average molecular weight is 508 g/mol. The Balaban J connectivity index is 1.45. The number of benzene rings is 2. The number of allylic oxidation sites excluding steroid dienone is 6. The van der Waals surface area contributed by atoms with Gasteiger partial charge in [0.2, 0.25) is 11.8 Å². The molecule has 4 atom stereocenters. The molecule has 1 heterocycles. The van der Waals surface area contributed by atoms with Gasteiger partial charge in [-0.05, 0) is 80.6 Å². The zero-order valence-electron chi connectivity index (χ0n) is 20.9. The highest BCUT2D eigenvalue weighted by molar-refractivity contribution is 6.25. The van der Waals surface area contributed by atoms with Gasteiger partial charge in [0.15, 0.2) is 17.3 Å². The minimum absolute atomic E-state index is 0.0372. The highest BCUT2D eigenvalue weighted by Gasteiger charge is 2.56. The molecule has 0 radical (unpaired) electrons. The van der Waals surface area contributed by atoms with Crippen LogP contribution in [0.25, 0.3) is 0 Å². The summed E-state index contributed by atoms with van der Waals surface area (Å²) in [7, 11) is 0. The van der Waals surface area contributed by atoms with Crippen molar-refractivity contribution in [2.75, 3.05) is 4.90 Å². The molecule has 1 aliphatic heterocycles. The second-order valence-corrected chi connectivity index (χ2v) is 10.4. The molecule has 0 aromatic heterocycles. The van der Waals surface area contributed by atoms with Gasteiger partial charge in [-0.25, -0.2) is 0 Å². The van der Waals surface area contributed by atoms with Gasteiger partial charge >= 0.3 is 0 Å². The summed E-state index contributed by atoms with van der Waals surface area (Å²) >= 11 is 0. The molecule has 1 N–H and O–H groups in total. The first-order valence-electron chi connectivity index (χ1n) is 12.7. The van der Waals surface area contributed by atoms with Crippen LogP contribution in [-0.4, -0.2) is 34.3 Å². The molecule has 7 heteroatoms. The number of carbonyl (C=O) groups is 5. The predicted octanol–water partition coefficient (Wildman–Crippen LogP) is 4.23. The summed E-state index contributed by atoms with van der Waals surface area (Å²) in [5, 5.41) is 10.2. The standard InChI is InChI=1S/C31H25NO6/c1-15-12-25(35)24-14-23-21(26(28(24)29(15)36)18-4-3-5-20(34)13-18)10-11-22-27(23)31(38)32(30(22)37)19-8-6-17(7-9-19)16(2)33/h3-10,12-13,22-23,26-27,34H,11,14H2,1-2H3/t22-,23+,26-,27-/m0/s1. The molecule has 0 saturated carbocycles. The van der Waals surface area contributed by atoms with E-state index in [1.807, 2.05) is 6.08 Å². The molecule has 4 aliphatic rings. The van der Waals surface area contributed by atoms with E-state index >= 15 is 0 Å². The number of ketones is 3. The number of imide groups is 1. The molecule has 1 fully saturated rings. The Bertz CT molecular complexity index is 1560. The number of amides is 2. The monoisotopic (exact) mass is 507 g/mol. The second-order valence-electron chi connectivity index (χ2n) is 10.4. The molecule has 0 unspecified atom stereocenters. The summed E-state index contributed by atoms with van der Waals surface area (Å²) in [4.78, 5) is 66.8. The number of anilines is 1. The topological polar surface area (TPSA) is 109 Å². The van der Waals surface area contributed by atoms with Gasteiger partial charge in [-0.3, -0.25) is 28.9 Å². The SMILES string of the molecule is CC(=O)c1ccc(N2C(=O)[C@H]3[C@H](CC=C4[C@H](c5cccc(O)c5)C5=C(C[C@H]43)C(=O)C=C(C)C5=O)C2=O)cc1. The number of fused-ring (bicyclic) bond motifs is 3. The predicted molar refractivity (Wildman–Crippen MR) is 138 cm³/mol.